The number of carbonyl (C=O) groups excluding carboxylic acids is 1. The van der Waals surface area contributed by atoms with Crippen molar-refractivity contribution < 1.29 is 9.90 Å². The average molecular weight is 287 g/mol. The molecule has 0 aliphatic carbocycles. The topological polar surface area (TPSA) is 88.2 Å². The van der Waals surface area contributed by atoms with Crippen molar-refractivity contribution in [2.45, 2.75) is 32.2 Å². The smallest absolute Gasteiger partial charge is 0.270 e. The summed E-state index contributed by atoms with van der Waals surface area (Å²) < 4.78 is 0. The highest BCUT2D eigenvalue weighted by molar-refractivity contribution is 5.99. The molecular formula is C16H21N3O2. The average Bonchev–Trinajstić information content (AvgIpc) is 2.47. The number of aliphatic hydroxyl groups is 1. The summed E-state index contributed by atoms with van der Waals surface area (Å²) in [6.07, 6.45) is 1.22. The molecule has 0 spiro atoms. The number of pyridine rings is 1. The lowest BCUT2D eigenvalue weighted by Gasteiger charge is -2.28. The Kier molecular flexibility index (Phi) is 4.43. The van der Waals surface area contributed by atoms with E-state index in [0.717, 1.165) is 11.8 Å². The largest absolute Gasteiger partial charge is 0.398 e. The number of fused-ring (bicyclic) bond motifs is 1. The molecule has 0 bridgehead atoms. The Morgan fingerprint density at radius 2 is 2.14 bits per heavy atom. The van der Waals surface area contributed by atoms with Gasteiger partial charge < -0.3 is 16.2 Å². The molecule has 1 atom stereocenters. The first-order chi connectivity index (χ1) is 9.99. The first-order valence-corrected chi connectivity index (χ1v) is 7.08. The monoisotopic (exact) mass is 287 g/mol. The van der Waals surface area contributed by atoms with Gasteiger partial charge in [0.05, 0.1) is 5.52 Å². The molecule has 1 amide bonds. The maximum absolute atomic E-state index is 12.4. The Hall–Kier alpha value is -2.14. The first kappa shape index (κ1) is 15.3. The summed E-state index contributed by atoms with van der Waals surface area (Å²) in [5.74, 6) is -0.273. The number of amides is 1. The van der Waals surface area contributed by atoms with Gasteiger partial charge in [-0.15, -0.1) is 0 Å². The highest BCUT2D eigenvalue weighted by atomic mass is 16.3. The molecule has 1 aromatic carbocycles. The third-order valence-corrected chi connectivity index (χ3v) is 3.84. The number of benzene rings is 1. The molecule has 0 aliphatic rings. The first-order valence-electron chi connectivity index (χ1n) is 7.08. The third-order valence-electron chi connectivity index (χ3n) is 3.84. The van der Waals surface area contributed by atoms with Crippen molar-refractivity contribution in [3.63, 3.8) is 0 Å². The van der Waals surface area contributed by atoms with E-state index in [0.29, 0.717) is 23.3 Å². The number of hydrogen-bond donors (Lipinski definition) is 3. The van der Waals surface area contributed by atoms with Crippen LogP contribution in [0.5, 0.6) is 0 Å². The highest BCUT2D eigenvalue weighted by Gasteiger charge is 2.25. The lowest BCUT2D eigenvalue weighted by Crippen LogP contribution is -2.46. The number of nitrogens with zero attached hydrogens (tertiary/aromatic N) is 1. The molecule has 1 heterocycles. The summed E-state index contributed by atoms with van der Waals surface area (Å²) in [5, 5.41) is 12.9. The van der Waals surface area contributed by atoms with Crippen molar-refractivity contribution in [3.8, 4) is 0 Å². The molecule has 0 radical (unpaired) electrons. The van der Waals surface area contributed by atoms with Gasteiger partial charge in [0.2, 0.25) is 0 Å². The Morgan fingerprint density at radius 1 is 1.43 bits per heavy atom. The number of nitrogen functional groups attached to an aromatic ring is 1. The number of aromatic nitrogens is 1. The van der Waals surface area contributed by atoms with Crippen molar-refractivity contribution in [3.05, 3.63) is 36.0 Å². The number of nitrogens with one attached hydrogen (secondary N) is 1. The number of aliphatic hydroxyl groups excluding tert-OH is 1. The molecule has 0 aliphatic heterocycles. The van der Waals surface area contributed by atoms with Crippen molar-refractivity contribution in [1.29, 1.82) is 0 Å². The Labute approximate surface area is 124 Å². The summed E-state index contributed by atoms with van der Waals surface area (Å²) in [5.41, 5.74) is 7.07. The fourth-order valence-corrected chi connectivity index (χ4v) is 2.23. The molecule has 21 heavy (non-hydrogen) atoms. The minimum atomic E-state index is -0.450. The summed E-state index contributed by atoms with van der Waals surface area (Å²) >= 11 is 0. The van der Waals surface area contributed by atoms with Gasteiger partial charge in [-0.05, 0) is 31.9 Å². The molecule has 1 unspecified atom stereocenters. The third kappa shape index (κ3) is 3.31. The van der Waals surface area contributed by atoms with E-state index >= 15 is 0 Å². The van der Waals surface area contributed by atoms with Gasteiger partial charge in [0.1, 0.15) is 5.69 Å². The predicted molar refractivity (Wildman–Crippen MR) is 84.0 cm³/mol. The predicted octanol–water partition coefficient (Wildman–Crippen LogP) is 2.10. The van der Waals surface area contributed by atoms with E-state index < -0.39 is 5.54 Å². The van der Waals surface area contributed by atoms with E-state index in [9.17, 15) is 4.79 Å². The summed E-state index contributed by atoms with van der Waals surface area (Å²) in [6.45, 7) is 3.90. The minimum absolute atomic E-state index is 0.0257. The Balaban J connectivity index is 2.31. The molecule has 4 N–H and O–H groups in total. The standard InChI is InChI=1S/C16H21N3O2/c1-3-16(2,8-9-20)19-15(21)14-10-12(17)11-6-4-5-7-13(11)18-14/h4-7,10,20H,3,8-9H2,1-2H3,(H2,17,18)(H,19,21). The van der Waals surface area contributed by atoms with E-state index in [1.807, 2.05) is 38.1 Å². The number of anilines is 1. The van der Waals surface area contributed by atoms with Gasteiger partial charge in [-0.2, -0.15) is 0 Å². The zero-order chi connectivity index (χ0) is 15.5. The fourth-order valence-electron chi connectivity index (χ4n) is 2.23. The molecule has 2 aromatic rings. The van der Waals surface area contributed by atoms with Crippen LogP contribution in [0.25, 0.3) is 10.9 Å². The lowest BCUT2D eigenvalue weighted by molar-refractivity contribution is 0.0881. The van der Waals surface area contributed by atoms with E-state index in [2.05, 4.69) is 10.3 Å². The second kappa shape index (κ2) is 6.10. The molecule has 5 nitrogen and oxygen atoms in total. The maximum Gasteiger partial charge on any atom is 0.270 e. The van der Waals surface area contributed by atoms with Gasteiger partial charge in [0.25, 0.3) is 5.91 Å². The van der Waals surface area contributed by atoms with Gasteiger partial charge in [0.15, 0.2) is 0 Å². The second-order valence-corrected chi connectivity index (χ2v) is 5.46. The fraction of sp³-hybridized carbons (Fsp3) is 0.375. The number of carbonyl (C=O) groups is 1. The lowest BCUT2D eigenvalue weighted by atomic mass is 9.94. The molecule has 0 saturated carbocycles. The van der Waals surface area contributed by atoms with Crippen LogP contribution in [0.3, 0.4) is 0 Å². The molecule has 2 rings (SSSR count). The van der Waals surface area contributed by atoms with Crippen LogP contribution in [0, 0.1) is 0 Å². The zero-order valence-corrected chi connectivity index (χ0v) is 12.4. The van der Waals surface area contributed by atoms with Crippen LogP contribution in [0.2, 0.25) is 0 Å². The number of nitrogens with two attached hydrogens (primary N) is 1. The van der Waals surface area contributed by atoms with E-state index in [4.69, 9.17) is 10.8 Å². The molecule has 0 saturated heterocycles. The van der Waals surface area contributed by atoms with E-state index in [1.54, 1.807) is 6.07 Å². The number of hydrogen-bond acceptors (Lipinski definition) is 4. The quantitative estimate of drug-likeness (QED) is 0.785. The van der Waals surface area contributed by atoms with E-state index in [1.165, 1.54) is 0 Å². The van der Waals surface area contributed by atoms with Gasteiger partial charge >= 0.3 is 0 Å². The molecular weight excluding hydrogens is 266 g/mol. The van der Waals surface area contributed by atoms with Crippen molar-refractivity contribution in [2.75, 3.05) is 12.3 Å². The number of rotatable bonds is 5. The summed E-state index contributed by atoms with van der Waals surface area (Å²) in [7, 11) is 0. The molecule has 0 fully saturated rings. The van der Waals surface area contributed by atoms with E-state index in [-0.39, 0.29) is 12.5 Å². The normalized spacial score (nSPS) is 13.9. The van der Waals surface area contributed by atoms with Gasteiger partial charge in [-0.1, -0.05) is 25.1 Å². The van der Waals surface area contributed by atoms with Crippen LogP contribution in [-0.2, 0) is 0 Å². The Bertz CT molecular complexity index is 657. The van der Waals surface area contributed by atoms with Gasteiger partial charge in [-0.3, -0.25) is 4.79 Å². The summed E-state index contributed by atoms with van der Waals surface area (Å²) in [4.78, 5) is 16.7. The van der Waals surface area contributed by atoms with Crippen LogP contribution < -0.4 is 11.1 Å². The van der Waals surface area contributed by atoms with Crippen LogP contribution in [-0.4, -0.2) is 28.1 Å². The molecule has 5 heteroatoms. The van der Waals surface area contributed by atoms with Crippen molar-refractivity contribution >= 4 is 22.5 Å². The SMILES string of the molecule is CCC(C)(CCO)NC(=O)c1cc(N)c2ccccc2n1. The van der Waals surface area contributed by atoms with Crippen molar-refractivity contribution in [1.82, 2.24) is 10.3 Å². The van der Waals surface area contributed by atoms with Crippen molar-refractivity contribution in [2.24, 2.45) is 0 Å². The molecule has 112 valence electrons. The van der Waals surface area contributed by atoms with Gasteiger partial charge in [0, 0.05) is 23.2 Å². The van der Waals surface area contributed by atoms with Crippen LogP contribution >= 0.6 is 0 Å². The minimum Gasteiger partial charge on any atom is -0.398 e. The van der Waals surface area contributed by atoms with Gasteiger partial charge in [-0.25, -0.2) is 4.98 Å². The van der Waals surface area contributed by atoms with Crippen LogP contribution in [0.4, 0.5) is 5.69 Å². The van der Waals surface area contributed by atoms with Crippen LogP contribution in [0.15, 0.2) is 30.3 Å². The zero-order valence-electron chi connectivity index (χ0n) is 12.4. The second-order valence-electron chi connectivity index (χ2n) is 5.46. The number of para-hydroxylation sites is 1. The molecule has 1 aromatic heterocycles. The Morgan fingerprint density at radius 3 is 2.81 bits per heavy atom. The maximum atomic E-state index is 12.4. The highest BCUT2D eigenvalue weighted by Crippen LogP contribution is 2.21. The van der Waals surface area contributed by atoms with Crippen LogP contribution in [0.1, 0.15) is 37.2 Å². The summed E-state index contributed by atoms with van der Waals surface area (Å²) in [6, 6.07) is 9.04.